The van der Waals surface area contributed by atoms with Crippen LogP contribution in [0.15, 0.2) is 24.3 Å². The molecule has 8 heteroatoms. The second-order valence-electron chi connectivity index (χ2n) is 5.17. The fraction of sp³-hybridized carbons (Fsp3) is 0.538. The standard InChI is InChI=1S/C13H18BrNO4S2/c14-9-11-2-1-3-12(8-11)10-15-21(18,19)13-4-6-20(16,17)7-5-13/h1-3,8,13,15H,4-7,9-10H2. The van der Waals surface area contributed by atoms with Crippen LogP contribution in [0.25, 0.3) is 0 Å². The Bertz CT molecular complexity index is 687. The molecule has 1 fully saturated rings. The molecule has 1 N–H and O–H groups in total. The third-order valence-electron chi connectivity index (χ3n) is 3.56. The van der Waals surface area contributed by atoms with Gasteiger partial charge in [0.2, 0.25) is 10.0 Å². The summed E-state index contributed by atoms with van der Waals surface area (Å²) >= 11 is 3.36. The lowest BCUT2D eigenvalue weighted by Gasteiger charge is -2.22. The second-order valence-corrected chi connectivity index (χ2v) is 10.1. The number of sulfone groups is 1. The molecule has 0 saturated carbocycles. The molecular weight excluding hydrogens is 378 g/mol. The highest BCUT2D eigenvalue weighted by atomic mass is 79.9. The molecule has 1 saturated heterocycles. The lowest BCUT2D eigenvalue weighted by atomic mass is 10.1. The monoisotopic (exact) mass is 395 g/mol. The zero-order valence-electron chi connectivity index (χ0n) is 11.5. The van der Waals surface area contributed by atoms with Gasteiger partial charge in [0.1, 0.15) is 9.84 Å². The Hall–Kier alpha value is -0.440. The van der Waals surface area contributed by atoms with Crippen molar-refractivity contribution in [3.63, 3.8) is 0 Å². The minimum absolute atomic E-state index is 0.0440. The van der Waals surface area contributed by atoms with Gasteiger partial charge in [-0.2, -0.15) is 0 Å². The van der Waals surface area contributed by atoms with Gasteiger partial charge in [-0.05, 0) is 24.0 Å². The predicted octanol–water partition coefficient (Wildman–Crippen LogP) is 1.58. The zero-order chi connectivity index (χ0) is 15.5. The molecule has 1 aliphatic heterocycles. The van der Waals surface area contributed by atoms with Gasteiger partial charge in [0.15, 0.2) is 0 Å². The van der Waals surface area contributed by atoms with Crippen molar-refractivity contribution < 1.29 is 16.8 Å². The molecule has 0 spiro atoms. The summed E-state index contributed by atoms with van der Waals surface area (Å²) in [6, 6.07) is 7.63. The molecule has 0 bridgehead atoms. The van der Waals surface area contributed by atoms with E-state index in [1.165, 1.54) is 0 Å². The number of benzene rings is 1. The maximum Gasteiger partial charge on any atom is 0.214 e. The van der Waals surface area contributed by atoms with E-state index in [0.717, 1.165) is 11.1 Å². The molecule has 118 valence electrons. The lowest BCUT2D eigenvalue weighted by molar-refractivity contribution is 0.542. The molecular formula is C13H18BrNO4S2. The molecule has 2 rings (SSSR count). The maximum atomic E-state index is 12.2. The van der Waals surface area contributed by atoms with Gasteiger partial charge in [0.05, 0.1) is 16.8 Å². The molecule has 1 heterocycles. The van der Waals surface area contributed by atoms with Crippen LogP contribution in [-0.2, 0) is 31.7 Å². The number of sulfonamides is 1. The number of alkyl halides is 1. The third kappa shape index (κ3) is 4.77. The normalized spacial score (nSPS) is 19.5. The summed E-state index contributed by atoms with van der Waals surface area (Å²) in [4.78, 5) is 0. The highest BCUT2D eigenvalue weighted by Gasteiger charge is 2.32. The van der Waals surface area contributed by atoms with E-state index in [1.54, 1.807) is 0 Å². The summed E-state index contributed by atoms with van der Waals surface area (Å²) in [5, 5.41) is 0.106. The average Bonchev–Trinajstić information content (AvgIpc) is 2.45. The Morgan fingerprint density at radius 1 is 1.19 bits per heavy atom. The van der Waals surface area contributed by atoms with E-state index in [0.29, 0.717) is 5.33 Å². The summed E-state index contributed by atoms with van der Waals surface area (Å²) in [6.07, 6.45) is 0.359. The molecule has 5 nitrogen and oxygen atoms in total. The van der Waals surface area contributed by atoms with Crippen LogP contribution < -0.4 is 4.72 Å². The minimum atomic E-state index is -3.48. The number of halogens is 1. The molecule has 0 amide bonds. The topological polar surface area (TPSA) is 80.3 Å². The van der Waals surface area contributed by atoms with Crippen molar-refractivity contribution in [1.82, 2.24) is 4.72 Å². The molecule has 1 aromatic rings. The van der Waals surface area contributed by atoms with Crippen LogP contribution in [-0.4, -0.2) is 33.6 Å². The number of rotatable bonds is 5. The number of nitrogens with one attached hydrogen (secondary N) is 1. The van der Waals surface area contributed by atoms with E-state index >= 15 is 0 Å². The molecule has 0 aliphatic carbocycles. The van der Waals surface area contributed by atoms with Crippen LogP contribution in [0.2, 0.25) is 0 Å². The summed E-state index contributed by atoms with van der Waals surface area (Å²) in [5.74, 6) is -0.0880. The highest BCUT2D eigenvalue weighted by Crippen LogP contribution is 2.19. The van der Waals surface area contributed by atoms with Crippen molar-refractivity contribution in [1.29, 1.82) is 0 Å². The summed E-state index contributed by atoms with van der Waals surface area (Å²) in [7, 11) is -6.53. The molecule has 0 unspecified atom stereocenters. The molecule has 0 atom stereocenters. The fourth-order valence-corrected chi connectivity index (χ4v) is 5.90. The van der Waals surface area contributed by atoms with Gasteiger partial charge in [-0.1, -0.05) is 40.2 Å². The van der Waals surface area contributed by atoms with Crippen LogP contribution in [0.5, 0.6) is 0 Å². The average molecular weight is 396 g/mol. The first-order valence-electron chi connectivity index (χ1n) is 6.65. The summed E-state index contributed by atoms with van der Waals surface area (Å²) in [6.45, 7) is 0.229. The van der Waals surface area contributed by atoms with Crippen molar-refractivity contribution in [2.24, 2.45) is 0 Å². The number of hydrogen-bond donors (Lipinski definition) is 1. The van der Waals surface area contributed by atoms with Crippen LogP contribution in [0.1, 0.15) is 24.0 Å². The predicted molar refractivity (Wildman–Crippen MR) is 86.5 cm³/mol. The SMILES string of the molecule is O=S1(=O)CCC(S(=O)(=O)NCc2cccc(CBr)c2)CC1. The van der Waals surface area contributed by atoms with Gasteiger partial charge in [-0.15, -0.1) is 0 Å². The van der Waals surface area contributed by atoms with Crippen molar-refractivity contribution in [3.8, 4) is 0 Å². The van der Waals surface area contributed by atoms with Crippen LogP contribution in [0.3, 0.4) is 0 Å². The lowest BCUT2D eigenvalue weighted by Crippen LogP contribution is -2.39. The van der Waals surface area contributed by atoms with E-state index in [-0.39, 0.29) is 30.9 Å². The van der Waals surface area contributed by atoms with Crippen molar-refractivity contribution in [3.05, 3.63) is 35.4 Å². The van der Waals surface area contributed by atoms with E-state index < -0.39 is 25.1 Å². The van der Waals surface area contributed by atoms with Crippen LogP contribution >= 0.6 is 15.9 Å². The largest absolute Gasteiger partial charge is 0.229 e. The van der Waals surface area contributed by atoms with Crippen molar-refractivity contribution >= 4 is 35.8 Å². The molecule has 0 radical (unpaired) electrons. The second kappa shape index (κ2) is 6.76. The maximum absolute atomic E-state index is 12.2. The van der Waals surface area contributed by atoms with E-state index in [4.69, 9.17) is 0 Å². The first kappa shape index (κ1) is 16.9. The first-order chi connectivity index (χ1) is 9.82. The Balaban J connectivity index is 1.98. The minimum Gasteiger partial charge on any atom is -0.229 e. The smallest absolute Gasteiger partial charge is 0.214 e. The fourth-order valence-electron chi connectivity index (χ4n) is 2.30. The molecule has 1 aromatic carbocycles. The summed E-state index contributed by atoms with van der Waals surface area (Å²) < 4.78 is 49.7. The van der Waals surface area contributed by atoms with Gasteiger partial charge in [0.25, 0.3) is 0 Å². The van der Waals surface area contributed by atoms with E-state index in [9.17, 15) is 16.8 Å². The van der Waals surface area contributed by atoms with Gasteiger partial charge < -0.3 is 0 Å². The molecule has 1 aliphatic rings. The Morgan fingerprint density at radius 2 is 1.81 bits per heavy atom. The van der Waals surface area contributed by atoms with Crippen molar-refractivity contribution in [2.45, 2.75) is 30.0 Å². The van der Waals surface area contributed by atoms with Crippen molar-refractivity contribution in [2.75, 3.05) is 11.5 Å². The highest BCUT2D eigenvalue weighted by molar-refractivity contribution is 9.08. The first-order valence-corrected chi connectivity index (χ1v) is 11.1. The molecule has 0 aromatic heterocycles. The molecule has 21 heavy (non-hydrogen) atoms. The van der Waals surface area contributed by atoms with Crippen LogP contribution in [0.4, 0.5) is 0 Å². The Labute approximate surface area is 134 Å². The van der Waals surface area contributed by atoms with Gasteiger partial charge in [-0.3, -0.25) is 0 Å². The Kier molecular flexibility index (Phi) is 5.45. The van der Waals surface area contributed by atoms with Gasteiger partial charge in [0, 0.05) is 11.9 Å². The number of hydrogen-bond acceptors (Lipinski definition) is 4. The zero-order valence-corrected chi connectivity index (χ0v) is 14.7. The van der Waals surface area contributed by atoms with Gasteiger partial charge in [-0.25, -0.2) is 21.6 Å². The van der Waals surface area contributed by atoms with Gasteiger partial charge >= 0.3 is 0 Å². The van der Waals surface area contributed by atoms with E-state index in [2.05, 4.69) is 20.7 Å². The summed E-state index contributed by atoms with van der Waals surface area (Å²) in [5.41, 5.74) is 1.97. The van der Waals surface area contributed by atoms with Crippen LogP contribution in [0, 0.1) is 0 Å². The third-order valence-corrected chi connectivity index (χ3v) is 7.82. The van der Waals surface area contributed by atoms with E-state index in [1.807, 2.05) is 24.3 Å². The quantitative estimate of drug-likeness (QED) is 0.767. The Morgan fingerprint density at radius 3 is 2.43 bits per heavy atom.